The Hall–Kier alpha value is 0.920. The van der Waals surface area contributed by atoms with Crippen molar-refractivity contribution in [1.82, 2.24) is 0 Å². The van der Waals surface area contributed by atoms with Gasteiger partial charge in [-0.3, -0.25) is 0 Å². The van der Waals surface area contributed by atoms with E-state index < -0.39 is 0 Å². The summed E-state index contributed by atoms with van der Waals surface area (Å²) in [5.74, 6) is 0. The first-order chi connectivity index (χ1) is 4.41. The second-order valence-electron chi connectivity index (χ2n) is 2.31. The molecule has 0 atom stereocenters. The lowest BCUT2D eigenvalue weighted by Gasteiger charge is -1.94. The molecule has 0 aliphatic rings. The van der Waals surface area contributed by atoms with Gasteiger partial charge in [0.25, 0.3) is 0 Å². The topological polar surface area (TPSA) is 27.6 Å². The molecule has 0 rings (SSSR count). The Labute approximate surface area is 84.1 Å². The first-order valence-corrected chi connectivity index (χ1v) is 4.89. The van der Waals surface area contributed by atoms with E-state index in [9.17, 15) is 0 Å². The summed E-state index contributed by atoms with van der Waals surface area (Å²) in [7, 11) is 0. The summed E-state index contributed by atoms with van der Waals surface area (Å²) in [4.78, 5) is 0. The van der Waals surface area contributed by atoms with Crippen LogP contribution in [0, 0.1) is 0 Å². The van der Waals surface area contributed by atoms with E-state index in [0.29, 0.717) is 0 Å². The summed E-state index contributed by atoms with van der Waals surface area (Å²) in [6.07, 6.45) is 6.78. The molecule has 0 amide bonds. The maximum Gasteiger partial charge on any atom is 1.00 e. The van der Waals surface area contributed by atoms with Gasteiger partial charge in [-0.25, -0.2) is 0 Å². The molecular formula is C7H18Br2N+. The van der Waals surface area contributed by atoms with E-state index in [0.717, 1.165) is 11.9 Å². The molecule has 0 saturated heterocycles. The van der Waals surface area contributed by atoms with Gasteiger partial charge in [-0.2, -0.15) is 0 Å². The van der Waals surface area contributed by atoms with Gasteiger partial charge in [0.05, 0.1) is 6.54 Å². The Kier molecular flexibility index (Phi) is 17.0. The molecule has 0 aromatic rings. The van der Waals surface area contributed by atoms with Crippen molar-refractivity contribution in [3.8, 4) is 0 Å². The molecule has 0 spiro atoms. The molecular weight excluding hydrogens is 258 g/mol. The molecule has 10 heavy (non-hydrogen) atoms. The number of hydrogen-bond acceptors (Lipinski definition) is 0. The zero-order valence-corrected chi connectivity index (χ0v) is 9.58. The first-order valence-electron chi connectivity index (χ1n) is 3.77. The van der Waals surface area contributed by atoms with E-state index in [-0.39, 0.29) is 18.4 Å². The molecule has 0 heterocycles. The van der Waals surface area contributed by atoms with E-state index >= 15 is 0 Å². The highest BCUT2D eigenvalue weighted by atomic mass is 79.9. The molecule has 0 aromatic carbocycles. The standard InChI is InChI=1S/C7H16BrN.BrH/c8-6-4-2-1-3-5-7-9;/h1-7,9H2;1H/p+1. The molecule has 3 heteroatoms. The van der Waals surface area contributed by atoms with Gasteiger partial charge in [0.2, 0.25) is 0 Å². The van der Waals surface area contributed by atoms with E-state index in [2.05, 4.69) is 21.7 Å². The number of halogens is 2. The third kappa shape index (κ3) is 11.7. The van der Waals surface area contributed by atoms with Gasteiger partial charge in [-0.15, -0.1) is 0 Å². The highest BCUT2D eigenvalue weighted by molar-refractivity contribution is 9.09. The number of unbranched alkanes of at least 4 members (excludes halogenated alkanes) is 4. The van der Waals surface area contributed by atoms with Crippen molar-refractivity contribution >= 4 is 15.9 Å². The number of hydrogen-bond donors (Lipinski definition) is 1. The normalized spacial score (nSPS) is 9.00. The second kappa shape index (κ2) is 12.6. The van der Waals surface area contributed by atoms with E-state index in [1.54, 1.807) is 0 Å². The van der Waals surface area contributed by atoms with E-state index in [1.165, 1.54) is 32.1 Å². The third-order valence-electron chi connectivity index (χ3n) is 1.38. The fourth-order valence-corrected chi connectivity index (χ4v) is 1.20. The lowest BCUT2D eigenvalue weighted by atomic mass is 10.2. The lowest BCUT2D eigenvalue weighted by molar-refractivity contribution is -0.368. The van der Waals surface area contributed by atoms with E-state index in [4.69, 9.17) is 0 Å². The maximum absolute atomic E-state index is 3.79. The van der Waals surface area contributed by atoms with Crippen LogP contribution in [-0.2, 0) is 0 Å². The van der Waals surface area contributed by atoms with Gasteiger partial charge in [-0.1, -0.05) is 28.8 Å². The summed E-state index contributed by atoms with van der Waals surface area (Å²) in [5.41, 5.74) is 3.79. The molecule has 0 aliphatic carbocycles. The van der Waals surface area contributed by atoms with Gasteiger partial charge in [0.15, 0.2) is 0 Å². The fourth-order valence-electron chi connectivity index (χ4n) is 0.802. The molecule has 64 valence electrons. The Morgan fingerprint density at radius 3 is 2.00 bits per heavy atom. The minimum Gasteiger partial charge on any atom is -1.00 e. The SMILES string of the molecule is [Br-].[H+].[NH3+]CCCCCCCBr. The molecule has 0 aromatic heterocycles. The average Bonchev–Trinajstić information content (AvgIpc) is 1.89. The zero-order chi connectivity index (χ0) is 6.95. The Balaban J connectivity index is -0.000000320. The molecule has 0 bridgehead atoms. The fraction of sp³-hybridized carbons (Fsp3) is 1.00. The lowest BCUT2D eigenvalue weighted by Crippen LogP contribution is -3.00. The molecule has 0 fully saturated rings. The molecule has 1 nitrogen and oxygen atoms in total. The summed E-state index contributed by atoms with van der Waals surface area (Å²) < 4.78 is 0. The van der Waals surface area contributed by atoms with Crippen molar-refractivity contribution in [2.75, 3.05) is 11.9 Å². The molecule has 0 unspecified atom stereocenters. The second-order valence-corrected chi connectivity index (χ2v) is 3.10. The van der Waals surface area contributed by atoms with Crippen molar-refractivity contribution in [2.45, 2.75) is 32.1 Å². The minimum absolute atomic E-state index is 0. The van der Waals surface area contributed by atoms with Gasteiger partial charge in [-0.05, 0) is 19.3 Å². The minimum atomic E-state index is 0. The van der Waals surface area contributed by atoms with Crippen molar-refractivity contribution in [3.63, 3.8) is 0 Å². The van der Waals surface area contributed by atoms with Crippen LogP contribution >= 0.6 is 15.9 Å². The van der Waals surface area contributed by atoms with Gasteiger partial charge < -0.3 is 22.7 Å². The van der Waals surface area contributed by atoms with Crippen LogP contribution in [0.15, 0.2) is 0 Å². The highest BCUT2D eigenvalue weighted by Crippen LogP contribution is 2.02. The monoisotopic (exact) mass is 274 g/mol. The number of rotatable bonds is 6. The van der Waals surface area contributed by atoms with Crippen molar-refractivity contribution in [1.29, 1.82) is 0 Å². The van der Waals surface area contributed by atoms with E-state index in [1.807, 2.05) is 0 Å². The molecule has 3 N–H and O–H groups in total. The summed E-state index contributed by atoms with van der Waals surface area (Å²) >= 11 is 3.41. The number of alkyl halides is 1. The average molecular weight is 276 g/mol. The largest absolute Gasteiger partial charge is 1.00 e. The maximum atomic E-state index is 3.79. The Morgan fingerprint density at radius 1 is 1.00 bits per heavy atom. The van der Waals surface area contributed by atoms with Crippen molar-refractivity contribution in [2.24, 2.45) is 0 Å². The Bertz CT molecular complexity index is 49.7. The van der Waals surface area contributed by atoms with Crippen LogP contribution in [0.2, 0.25) is 0 Å². The number of quaternary nitrogens is 1. The summed E-state index contributed by atoms with van der Waals surface area (Å²) in [6, 6.07) is 0. The predicted molar refractivity (Wildman–Crippen MR) is 45.7 cm³/mol. The van der Waals surface area contributed by atoms with Crippen LogP contribution in [0.5, 0.6) is 0 Å². The summed E-state index contributed by atoms with van der Waals surface area (Å²) in [6.45, 7) is 1.11. The molecule has 0 saturated carbocycles. The van der Waals surface area contributed by atoms with Gasteiger partial charge in [0, 0.05) is 5.33 Å². The van der Waals surface area contributed by atoms with Gasteiger partial charge in [0.1, 0.15) is 0 Å². The Morgan fingerprint density at radius 2 is 1.50 bits per heavy atom. The zero-order valence-electron chi connectivity index (χ0n) is 7.41. The van der Waals surface area contributed by atoms with Crippen LogP contribution in [0.3, 0.4) is 0 Å². The van der Waals surface area contributed by atoms with Crippen LogP contribution in [-0.4, -0.2) is 11.9 Å². The molecule has 0 radical (unpaired) electrons. The quantitative estimate of drug-likeness (QED) is 0.461. The van der Waals surface area contributed by atoms with Crippen LogP contribution in [0.1, 0.15) is 33.5 Å². The summed E-state index contributed by atoms with van der Waals surface area (Å²) in [5, 5.41) is 1.16. The van der Waals surface area contributed by atoms with Crippen LogP contribution < -0.4 is 22.7 Å². The predicted octanol–water partition coefficient (Wildman–Crippen LogP) is -1.31. The van der Waals surface area contributed by atoms with Crippen molar-refractivity contribution < 1.29 is 24.1 Å². The smallest absolute Gasteiger partial charge is 1.00 e. The van der Waals surface area contributed by atoms with Gasteiger partial charge >= 0.3 is 1.43 Å². The third-order valence-corrected chi connectivity index (χ3v) is 1.94. The van der Waals surface area contributed by atoms with Crippen LogP contribution in [0.25, 0.3) is 0 Å². The van der Waals surface area contributed by atoms with Crippen molar-refractivity contribution in [3.05, 3.63) is 0 Å². The highest BCUT2D eigenvalue weighted by Gasteiger charge is 1.87. The molecule has 0 aliphatic heterocycles. The van der Waals surface area contributed by atoms with Crippen LogP contribution in [0.4, 0.5) is 0 Å². The first kappa shape index (κ1) is 13.5.